The Kier molecular flexibility index (Phi) is 11.3. The summed E-state index contributed by atoms with van der Waals surface area (Å²) in [6.07, 6.45) is 6.25. The molecule has 0 heterocycles. The molecule has 0 fully saturated rings. The second kappa shape index (κ2) is 11.8. The lowest BCUT2D eigenvalue weighted by molar-refractivity contribution is 0.118. The van der Waals surface area contributed by atoms with E-state index in [1.54, 1.807) is 0 Å². The zero-order valence-corrected chi connectivity index (χ0v) is 15.0. The van der Waals surface area contributed by atoms with E-state index in [9.17, 15) is 0 Å². The molecule has 0 aromatic heterocycles. The number of ether oxygens (including phenoxy) is 1. The lowest BCUT2D eigenvalue weighted by Gasteiger charge is -2.19. The minimum Gasteiger partial charge on any atom is -0.391 e. The average molecular weight is 296 g/mol. The van der Waals surface area contributed by atoms with Gasteiger partial charge in [-0.15, -0.1) is 0 Å². The third-order valence-electron chi connectivity index (χ3n) is 4.45. The quantitative estimate of drug-likeness (QED) is 0.509. The summed E-state index contributed by atoms with van der Waals surface area (Å²) in [5.41, 5.74) is 2.62. The van der Waals surface area contributed by atoms with Gasteiger partial charge >= 0.3 is 0 Å². The first-order valence-electron chi connectivity index (χ1n) is 8.46. The van der Waals surface area contributed by atoms with Crippen LogP contribution in [0.5, 0.6) is 0 Å². The summed E-state index contributed by atoms with van der Waals surface area (Å²) in [6, 6.07) is 0. The van der Waals surface area contributed by atoms with Crippen molar-refractivity contribution in [2.24, 2.45) is 11.8 Å². The lowest BCUT2D eigenvalue weighted by atomic mass is 9.93. The first kappa shape index (κ1) is 20.2. The van der Waals surface area contributed by atoms with Crippen LogP contribution in [0.3, 0.4) is 0 Å². The van der Waals surface area contributed by atoms with Crippen molar-refractivity contribution in [3.63, 3.8) is 0 Å². The molecule has 0 bridgehead atoms. The number of hydrogen-bond acceptors (Lipinski definition) is 3. The molecule has 3 heteroatoms. The Balaban J connectivity index is 4.16. The van der Waals surface area contributed by atoms with Crippen LogP contribution in [0.2, 0.25) is 0 Å². The van der Waals surface area contributed by atoms with E-state index >= 15 is 0 Å². The maximum atomic E-state index is 8.05. The van der Waals surface area contributed by atoms with Crippen LogP contribution in [0.4, 0.5) is 0 Å². The smallest absolute Gasteiger partial charge is 0.0884 e. The Bertz CT molecular complexity index is 323. The Hall–Kier alpha value is -0.830. The van der Waals surface area contributed by atoms with Crippen LogP contribution in [0.15, 0.2) is 11.3 Å². The fourth-order valence-electron chi connectivity index (χ4n) is 2.29. The third kappa shape index (κ3) is 8.92. The highest BCUT2D eigenvalue weighted by atomic mass is 16.5. The molecule has 0 aromatic carbocycles. The summed E-state index contributed by atoms with van der Waals surface area (Å²) >= 11 is 0. The summed E-state index contributed by atoms with van der Waals surface area (Å²) in [5, 5.41) is 11.1. The van der Waals surface area contributed by atoms with Gasteiger partial charge in [-0.05, 0) is 44.1 Å². The summed E-state index contributed by atoms with van der Waals surface area (Å²) in [4.78, 5) is 0. The van der Waals surface area contributed by atoms with Gasteiger partial charge in [0.25, 0.3) is 0 Å². The van der Waals surface area contributed by atoms with Crippen LogP contribution in [-0.2, 0) is 4.74 Å². The molecule has 0 rings (SSSR count). The molecular weight excluding hydrogens is 260 g/mol. The van der Waals surface area contributed by atoms with E-state index in [1.165, 1.54) is 32.1 Å². The molecule has 124 valence electrons. The zero-order valence-electron chi connectivity index (χ0n) is 15.0. The van der Waals surface area contributed by atoms with Gasteiger partial charge in [0.2, 0.25) is 0 Å². The van der Waals surface area contributed by atoms with Gasteiger partial charge in [0.15, 0.2) is 0 Å². The minimum atomic E-state index is 0.425. The van der Waals surface area contributed by atoms with E-state index in [0.29, 0.717) is 18.2 Å². The molecule has 0 aliphatic carbocycles. The minimum absolute atomic E-state index is 0.425. The molecule has 0 spiro atoms. The van der Waals surface area contributed by atoms with E-state index in [1.807, 2.05) is 20.9 Å². The molecule has 0 amide bonds. The molecule has 0 saturated heterocycles. The molecule has 2 atom stereocenters. The Morgan fingerprint density at radius 1 is 1.14 bits per heavy atom. The molecule has 21 heavy (non-hydrogen) atoms. The van der Waals surface area contributed by atoms with E-state index in [2.05, 4.69) is 26.1 Å². The molecule has 0 aliphatic heterocycles. The van der Waals surface area contributed by atoms with Gasteiger partial charge in [0.05, 0.1) is 12.3 Å². The van der Waals surface area contributed by atoms with Gasteiger partial charge in [-0.2, -0.15) is 0 Å². The predicted molar refractivity (Wildman–Crippen MR) is 93.1 cm³/mol. The van der Waals surface area contributed by atoms with Crippen molar-refractivity contribution in [1.29, 1.82) is 5.41 Å². The second-order valence-electron chi connectivity index (χ2n) is 6.24. The molecular formula is C18H36N2O. The highest BCUT2D eigenvalue weighted by Crippen LogP contribution is 2.19. The summed E-state index contributed by atoms with van der Waals surface area (Å²) in [5.74, 6) is 1.46. The van der Waals surface area contributed by atoms with E-state index in [0.717, 1.165) is 23.8 Å². The first-order valence-corrected chi connectivity index (χ1v) is 8.46. The molecule has 0 radical (unpaired) electrons. The maximum absolute atomic E-state index is 8.05. The molecule has 3 nitrogen and oxygen atoms in total. The van der Waals surface area contributed by atoms with Crippen LogP contribution < -0.4 is 5.32 Å². The van der Waals surface area contributed by atoms with Crippen LogP contribution >= 0.6 is 0 Å². The van der Waals surface area contributed by atoms with E-state index < -0.39 is 0 Å². The van der Waals surface area contributed by atoms with Gasteiger partial charge in [-0.25, -0.2) is 0 Å². The van der Waals surface area contributed by atoms with Crippen molar-refractivity contribution in [2.45, 2.75) is 66.7 Å². The fourth-order valence-corrected chi connectivity index (χ4v) is 2.29. The largest absolute Gasteiger partial charge is 0.391 e. The zero-order chi connectivity index (χ0) is 16.3. The standard InChI is InChI=1S/C18H36N2O/c1-7-9-17(11-10-14(3)8-2)12-21-13-18(19)15(4)16(5)20-6/h14,17,19-20H,7-13H2,1-6H3/b16-15+,19-18?. The first-order chi connectivity index (χ1) is 9.96. The van der Waals surface area contributed by atoms with Gasteiger partial charge < -0.3 is 15.5 Å². The van der Waals surface area contributed by atoms with E-state index in [4.69, 9.17) is 10.1 Å². The molecule has 0 aromatic rings. The van der Waals surface area contributed by atoms with Crippen molar-refractivity contribution < 1.29 is 4.74 Å². The molecule has 2 N–H and O–H groups in total. The monoisotopic (exact) mass is 296 g/mol. The summed E-state index contributed by atoms with van der Waals surface area (Å²) < 4.78 is 5.81. The summed E-state index contributed by atoms with van der Waals surface area (Å²) in [6.45, 7) is 12.0. The van der Waals surface area contributed by atoms with Crippen molar-refractivity contribution >= 4 is 5.71 Å². The van der Waals surface area contributed by atoms with Crippen LogP contribution in [0.1, 0.15) is 66.7 Å². The Morgan fingerprint density at radius 2 is 1.81 bits per heavy atom. The number of hydrogen-bond donors (Lipinski definition) is 2. The van der Waals surface area contributed by atoms with Gasteiger partial charge in [0, 0.05) is 19.4 Å². The van der Waals surface area contributed by atoms with Gasteiger partial charge in [-0.3, -0.25) is 0 Å². The SMILES string of the molecule is CCCC(CCC(C)CC)COCC(=N)/C(C)=C(\C)NC. The lowest BCUT2D eigenvalue weighted by Crippen LogP contribution is -2.18. The molecule has 0 saturated carbocycles. The van der Waals surface area contributed by atoms with Gasteiger partial charge in [-0.1, -0.05) is 40.0 Å². The van der Waals surface area contributed by atoms with Crippen molar-refractivity contribution in [1.82, 2.24) is 5.32 Å². The summed E-state index contributed by atoms with van der Waals surface area (Å²) in [7, 11) is 1.89. The number of rotatable bonds is 12. The number of allylic oxidation sites excluding steroid dienone is 1. The molecule has 0 aliphatic rings. The third-order valence-corrected chi connectivity index (χ3v) is 4.45. The fraction of sp³-hybridized carbons (Fsp3) is 0.833. The van der Waals surface area contributed by atoms with E-state index in [-0.39, 0.29) is 0 Å². The van der Waals surface area contributed by atoms with Crippen molar-refractivity contribution in [3.8, 4) is 0 Å². The highest BCUT2D eigenvalue weighted by molar-refractivity contribution is 5.98. The predicted octanol–water partition coefficient (Wildman–Crippen LogP) is 4.78. The number of nitrogens with one attached hydrogen (secondary N) is 2. The topological polar surface area (TPSA) is 45.1 Å². The average Bonchev–Trinajstić information content (AvgIpc) is 2.50. The van der Waals surface area contributed by atoms with Crippen LogP contribution in [-0.4, -0.2) is 26.0 Å². The van der Waals surface area contributed by atoms with Gasteiger partial charge in [0.1, 0.15) is 0 Å². The van der Waals surface area contributed by atoms with Crippen molar-refractivity contribution in [3.05, 3.63) is 11.3 Å². The van der Waals surface area contributed by atoms with Crippen LogP contribution in [0.25, 0.3) is 0 Å². The second-order valence-corrected chi connectivity index (χ2v) is 6.24. The highest BCUT2D eigenvalue weighted by Gasteiger charge is 2.11. The van der Waals surface area contributed by atoms with Crippen LogP contribution in [0, 0.1) is 17.2 Å². The normalized spacial score (nSPS) is 15.3. The van der Waals surface area contributed by atoms with Crippen molar-refractivity contribution in [2.75, 3.05) is 20.3 Å². The maximum Gasteiger partial charge on any atom is 0.0884 e. The Morgan fingerprint density at radius 3 is 2.33 bits per heavy atom. The molecule has 2 unspecified atom stereocenters. The Labute approximate surface area is 132 Å².